The van der Waals surface area contributed by atoms with Crippen LogP contribution in [0.2, 0.25) is 0 Å². The fourth-order valence-electron chi connectivity index (χ4n) is 2.92. The number of hydrogen-bond acceptors (Lipinski definition) is 3. The van der Waals surface area contributed by atoms with Crippen molar-refractivity contribution < 1.29 is 9.90 Å². The van der Waals surface area contributed by atoms with Crippen LogP contribution in [-0.2, 0) is 0 Å². The van der Waals surface area contributed by atoms with Crippen LogP contribution in [0, 0.1) is 6.92 Å². The van der Waals surface area contributed by atoms with Gasteiger partial charge in [-0.15, -0.1) is 0 Å². The summed E-state index contributed by atoms with van der Waals surface area (Å²) < 4.78 is 0. The number of anilines is 1. The van der Waals surface area contributed by atoms with Gasteiger partial charge in [0.25, 0.3) is 0 Å². The summed E-state index contributed by atoms with van der Waals surface area (Å²) in [5.74, 6) is -0.843. The second-order valence-electron chi connectivity index (χ2n) is 5.20. The lowest BCUT2D eigenvalue weighted by Crippen LogP contribution is -2.52. The summed E-state index contributed by atoms with van der Waals surface area (Å²) in [4.78, 5) is 16.0. The number of hydrogen-bond donors (Lipinski definition) is 1. The fraction of sp³-hybridized carbons (Fsp3) is 0.533. The molecule has 1 unspecified atom stereocenters. The molecule has 0 aliphatic carbocycles. The van der Waals surface area contributed by atoms with Crippen LogP contribution in [0.5, 0.6) is 0 Å². The lowest BCUT2D eigenvalue weighted by atomic mass is 10.0. The normalized spacial score (nSPS) is 20.6. The second kappa shape index (κ2) is 5.61. The highest BCUT2D eigenvalue weighted by Crippen LogP contribution is 2.27. The summed E-state index contributed by atoms with van der Waals surface area (Å²) in [7, 11) is 0. The topological polar surface area (TPSA) is 43.8 Å². The standard InChI is InChI=1S/C15H22N2O2/c1-4-16-8-9-17(10-12(16)3)14-11(2)6-5-7-13(14)15(18)19/h5-7,12H,4,8-10H2,1-3H3,(H,18,19). The third-order valence-electron chi connectivity index (χ3n) is 3.96. The Morgan fingerprint density at radius 2 is 2.16 bits per heavy atom. The number of carboxylic acid groups (broad SMARTS) is 1. The molecule has 0 bridgehead atoms. The van der Waals surface area contributed by atoms with Crippen molar-refractivity contribution in [3.05, 3.63) is 29.3 Å². The van der Waals surface area contributed by atoms with Gasteiger partial charge in [-0.05, 0) is 32.0 Å². The Labute approximate surface area is 114 Å². The summed E-state index contributed by atoms with van der Waals surface area (Å²) >= 11 is 0. The van der Waals surface area contributed by atoms with Crippen LogP contribution in [-0.4, -0.2) is 48.2 Å². The molecule has 0 saturated carbocycles. The molecule has 1 aromatic carbocycles. The SMILES string of the molecule is CCN1CCN(c2c(C)cccc2C(=O)O)CC1C. The highest BCUT2D eigenvalue weighted by molar-refractivity contribution is 5.95. The van der Waals surface area contributed by atoms with Crippen molar-refractivity contribution in [1.29, 1.82) is 0 Å². The molecule has 4 heteroatoms. The van der Waals surface area contributed by atoms with Crippen molar-refractivity contribution in [2.75, 3.05) is 31.1 Å². The summed E-state index contributed by atoms with van der Waals surface area (Å²) in [6.45, 7) is 10.2. The lowest BCUT2D eigenvalue weighted by Gasteiger charge is -2.41. The van der Waals surface area contributed by atoms with Gasteiger partial charge in [0.05, 0.1) is 11.3 Å². The first-order valence-electron chi connectivity index (χ1n) is 6.86. The molecular weight excluding hydrogens is 240 g/mol. The van der Waals surface area contributed by atoms with Gasteiger partial charge in [-0.2, -0.15) is 0 Å². The van der Waals surface area contributed by atoms with Crippen molar-refractivity contribution >= 4 is 11.7 Å². The molecule has 1 N–H and O–H groups in total. The molecule has 0 radical (unpaired) electrons. The van der Waals surface area contributed by atoms with Gasteiger partial charge >= 0.3 is 5.97 Å². The Balaban J connectivity index is 2.30. The molecule has 0 amide bonds. The molecule has 1 aliphatic rings. The van der Waals surface area contributed by atoms with E-state index < -0.39 is 5.97 Å². The minimum Gasteiger partial charge on any atom is -0.478 e. The Morgan fingerprint density at radius 3 is 2.74 bits per heavy atom. The maximum absolute atomic E-state index is 11.4. The number of aryl methyl sites for hydroxylation is 1. The van der Waals surface area contributed by atoms with Crippen LogP contribution in [0.1, 0.15) is 29.8 Å². The van der Waals surface area contributed by atoms with Crippen LogP contribution in [0.15, 0.2) is 18.2 Å². The Bertz CT molecular complexity index is 473. The van der Waals surface area contributed by atoms with E-state index in [0.29, 0.717) is 11.6 Å². The van der Waals surface area contributed by atoms with Crippen molar-refractivity contribution in [3.8, 4) is 0 Å². The van der Waals surface area contributed by atoms with Gasteiger partial charge < -0.3 is 10.0 Å². The van der Waals surface area contributed by atoms with E-state index in [1.54, 1.807) is 6.07 Å². The molecule has 2 rings (SSSR count). The summed E-state index contributed by atoms with van der Waals surface area (Å²) in [6.07, 6.45) is 0. The molecule has 1 atom stereocenters. The zero-order chi connectivity index (χ0) is 14.0. The third kappa shape index (κ3) is 2.73. The lowest BCUT2D eigenvalue weighted by molar-refractivity contribution is 0.0697. The third-order valence-corrected chi connectivity index (χ3v) is 3.96. The van der Waals surface area contributed by atoms with E-state index >= 15 is 0 Å². The van der Waals surface area contributed by atoms with E-state index in [-0.39, 0.29) is 0 Å². The van der Waals surface area contributed by atoms with Crippen LogP contribution >= 0.6 is 0 Å². The van der Waals surface area contributed by atoms with E-state index in [0.717, 1.165) is 37.4 Å². The number of nitrogens with zero attached hydrogens (tertiary/aromatic N) is 2. The smallest absolute Gasteiger partial charge is 0.337 e. The van der Waals surface area contributed by atoms with Gasteiger partial charge in [0.1, 0.15) is 0 Å². The van der Waals surface area contributed by atoms with Crippen molar-refractivity contribution in [2.24, 2.45) is 0 Å². The molecule has 19 heavy (non-hydrogen) atoms. The Hall–Kier alpha value is -1.55. The van der Waals surface area contributed by atoms with Crippen LogP contribution in [0.4, 0.5) is 5.69 Å². The Kier molecular flexibility index (Phi) is 4.10. The molecule has 4 nitrogen and oxygen atoms in total. The largest absolute Gasteiger partial charge is 0.478 e. The van der Waals surface area contributed by atoms with Gasteiger partial charge in [0.2, 0.25) is 0 Å². The number of likely N-dealkylation sites (N-methyl/N-ethyl adjacent to an activating group) is 1. The first-order chi connectivity index (χ1) is 9.04. The van der Waals surface area contributed by atoms with Gasteiger partial charge in [-0.3, -0.25) is 4.90 Å². The minimum absolute atomic E-state index is 0.414. The first kappa shape index (κ1) is 13.9. The number of benzene rings is 1. The monoisotopic (exact) mass is 262 g/mol. The molecule has 104 valence electrons. The predicted molar refractivity (Wildman–Crippen MR) is 77.1 cm³/mol. The minimum atomic E-state index is -0.843. The molecule has 0 aromatic heterocycles. The van der Waals surface area contributed by atoms with Crippen molar-refractivity contribution in [1.82, 2.24) is 4.90 Å². The van der Waals surface area contributed by atoms with Gasteiger partial charge in [0, 0.05) is 25.7 Å². The first-order valence-corrected chi connectivity index (χ1v) is 6.86. The highest BCUT2D eigenvalue weighted by atomic mass is 16.4. The number of aromatic carboxylic acids is 1. The number of rotatable bonds is 3. The van der Waals surface area contributed by atoms with Crippen LogP contribution in [0.3, 0.4) is 0 Å². The summed E-state index contributed by atoms with van der Waals surface area (Å²) in [6, 6.07) is 5.95. The maximum Gasteiger partial charge on any atom is 0.337 e. The molecule has 1 fully saturated rings. The van der Waals surface area contributed by atoms with E-state index in [2.05, 4.69) is 23.6 Å². The van der Waals surface area contributed by atoms with Crippen LogP contribution in [0.25, 0.3) is 0 Å². The van der Waals surface area contributed by atoms with Gasteiger partial charge in [-0.1, -0.05) is 19.1 Å². The molecular formula is C15H22N2O2. The number of piperazine rings is 1. The van der Waals surface area contributed by atoms with Crippen molar-refractivity contribution in [2.45, 2.75) is 26.8 Å². The molecule has 1 saturated heterocycles. The van der Waals surface area contributed by atoms with E-state index in [1.807, 2.05) is 19.1 Å². The summed E-state index contributed by atoms with van der Waals surface area (Å²) in [5, 5.41) is 9.35. The maximum atomic E-state index is 11.4. The predicted octanol–water partition coefficient (Wildman–Crippen LogP) is 2.22. The van der Waals surface area contributed by atoms with Gasteiger partial charge in [-0.25, -0.2) is 4.79 Å². The molecule has 1 aliphatic heterocycles. The average Bonchev–Trinajstić information content (AvgIpc) is 2.38. The zero-order valence-electron chi connectivity index (χ0n) is 11.9. The number of carbonyl (C=O) groups is 1. The summed E-state index contributed by atoms with van der Waals surface area (Å²) in [5.41, 5.74) is 2.34. The quantitative estimate of drug-likeness (QED) is 0.907. The second-order valence-corrected chi connectivity index (χ2v) is 5.20. The fourth-order valence-corrected chi connectivity index (χ4v) is 2.92. The van der Waals surface area contributed by atoms with Gasteiger partial charge in [0.15, 0.2) is 0 Å². The molecule has 1 aromatic rings. The van der Waals surface area contributed by atoms with Crippen LogP contribution < -0.4 is 4.90 Å². The van der Waals surface area contributed by atoms with Crippen molar-refractivity contribution in [3.63, 3.8) is 0 Å². The highest BCUT2D eigenvalue weighted by Gasteiger charge is 2.26. The zero-order valence-corrected chi connectivity index (χ0v) is 11.9. The molecule has 1 heterocycles. The van der Waals surface area contributed by atoms with E-state index in [4.69, 9.17) is 0 Å². The Morgan fingerprint density at radius 1 is 1.42 bits per heavy atom. The van der Waals surface area contributed by atoms with E-state index in [9.17, 15) is 9.90 Å². The van der Waals surface area contributed by atoms with E-state index in [1.165, 1.54) is 0 Å². The number of carboxylic acids is 1. The number of para-hydroxylation sites is 1. The average molecular weight is 262 g/mol. The molecule has 0 spiro atoms.